The average Bonchev–Trinajstić information content (AvgIpc) is 2.71. The monoisotopic (exact) mass is 461 g/mol. The van der Waals surface area contributed by atoms with Crippen LogP contribution in [-0.4, -0.2) is 67.4 Å². The van der Waals surface area contributed by atoms with Gasteiger partial charge in [-0.15, -0.1) is 0 Å². The standard InChI is InChI=1S/C13H15N3O3S.C9H12O3/c1-9(15-8-17)12(18)16-7-5-10(16)13(19)20-11-4-2-3-6-14-11;1-6(10)4-7-2-3-8(11)9(12)5-7/h2-4,6,8-10H,5,7H2,1H3,(H,15,17);2-3,5-6,10-12H,4H2,1H3. The number of thioether (sulfide) groups is 1. The van der Waals surface area contributed by atoms with Crippen molar-refractivity contribution < 1.29 is 29.7 Å². The van der Waals surface area contributed by atoms with Crippen LogP contribution < -0.4 is 5.32 Å². The van der Waals surface area contributed by atoms with E-state index in [-0.39, 0.29) is 22.5 Å². The molecule has 1 fully saturated rings. The number of nitrogens with zero attached hydrogens (tertiary/aromatic N) is 2. The van der Waals surface area contributed by atoms with E-state index in [1.54, 1.807) is 38.2 Å². The SMILES string of the molecule is CC(NC=O)C(=O)N1CCC1C(=O)Sc1ccccn1.CC(O)Cc1ccc(O)c(O)c1. The number of aliphatic hydroxyl groups excluding tert-OH is 1. The highest BCUT2D eigenvalue weighted by atomic mass is 32.2. The first-order chi connectivity index (χ1) is 15.2. The van der Waals surface area contributed by atoms with Crippen LogP contribution in [0.5, 0.6) is 11.5 Å². The van der Waals surface area contributed by atoms with E-state index in [2.05, 4.69) is 10.3 Å². The van der Waals surface area contributed by atoms with Gasteiger partial charge in [0.1, 0.15) is 17.1 Å². The van der Waals surface area contributed by atoms with Crippen LogP contribution in [0, 0.1) is 0 Å². The molecule has 3 atom stereocenters. The number of carbonyl (C=O) groups is 3. The third kappa shape index (κ3) is 7.24. The Bertz CT molecular complexity index is 925. The molecule has 3 rings (SSSR count). The molecule has 1 aliphatic rings. The van der Waals surface area contributed by atoms with Gasteiger partial charge in [-0.3, -0.25) is 14.4 Å². The Balaban J connectivity index is 0.000000258. The minimum absolute atomic E-state index is 0.0957. The Kier molecular flexibility index (Phi) is 9.48. The van der Waals surface area contributed by atoms with Crippen molar-refractivity contribution >= 4 is 29.2 Å². The fourth-order valence-corrected chi connectivity index (χ4v) is 3.78. The van der Waals surface area contributed by atoms with Crippen molar-refractivity contribution in [2.45, 2.75) is 49.9 Å². The lowest BCUT2D eigenvalue weighted by Crippen LogP contribution is -2.58. The molecule has 1 aliphatic heterocycles. The summed E-state index contributed by atoms with van der Waals surface area (Å²) < 4.78 is 0. The Hall–Kier alpha value is -3.11. The highest BCUT2D eigenvalue weighted by Crippen LogP contribution is 2.27. The number of carbonyl (C=O) groups excluding carboxylic acids is 3. The molecule has 9 nitrogen and oxygen atoms in total. The molecule has 0 aliphatic carbocycles. The lowest BCUT2D eigenvalue weighted by Gasteiger charge is -2.40. The average molecular weight is 462 g/mol. The first kappa shape index (κ1) is 25.2. The largest absolute Gasteiger partial charge is 0.504 e. The van der Waals surface area contributed by atoms with Crippen LogP contribution in [0.3, 0.4) is 0 Å². The van der Waals surface area contributed by atoms with Gasteiger partial charge in [-0.25, -0.2) is 4.98 Å². The molecule has 0 spiro atoms. The molecule has 3 unspecified atom stereocenters. The maximum absolute atomic E-state index is 12.1. The minimum atomic E-state index is -0.608. The maximum atomic E-state index is 12.1. The number of nitrogens with one attached hydrogen (secondary N) is 1. The second kappa shape index (κ2) is 12.1. The molecule has 32 heavy (non-hydrogen) atoms. The van der Waals surface area contributed by atoms with Gasteiger partial charge in [-0.2, -0.15) is 0 Å². The van der Waals surface area contributed by atoms with Crippen LogP contribution in [0.1, 0.15) is 25.8 Å². The minimum Gasteiger partial charge on any atom is -0.504 e. The summed E-state index contributed by atoms with van der Waals surface area (Å²) in [5.41, 5.74) is 0.806. The number of phenolic OH excluding ortho intramolecular Hbond substituents is 2. The summed E-state index contributed by atoms with van der Waals surface area (Å²) in [7, 11) is 0. The van der Waals surface area contributed by atoms with Gasteiger partial charge in [-0.05, 0) is 68.3 Å². The summed E-state index contributed by atoms with van der Waals surface area (Å²) >= 11 is 1.04. The van der Waals surface area contributed by atoms with Gasteiger partial charge < -0.3 is 25.5 Å². The third-order valence-corrected chi connectivity index (χ3v) is 5.60. The van der Waals surface area contributed by atoms with Gasteiger partial charge in [0, 0.05) is 12.7 Å². The predicted octanol–water partition coefficient (Wildman–Crippen LogP) is 1.46. The summed E-state index contributed by atoms with van der Waals surface area (Å²) in [6.07, 6.45) is 2.80. The molecule has 1 saturated heterocycles. The summed E-state index contributed by atoms with van der Waals surface area (Å²) in [6, 6.07) is 8.83. The predicted molar refractivity (Wildman–Crippen MR) is 119 cm³/mol. The van der Waals surface area contributed by atoms with Crippen LogP contribution in [0.2, 0.25) is 0 Å². The van der Waals surface area contributed by atoms with Crippen LogP contribution >= 0.6 is 11.8 Å². The molecule has 0 radical (unpaired) electrons. The summed E-state index contributed by atoms with van der Waals surface area (Å²) in [6.45, 7) is 3.81. The van der Waals surface area contributed by atoms with Gasteiger partial charge in [0.2, 0.25) is 17.4 Å². The van der Waals surface area contributed by atoms with Gasteiger partial charge in [0.15, 0.2) is 11.5 Å². The first-order valence-electron chi connectivity index (χ1n) is 10.0. The molecular formula is C22H27N3O6S. The van der Waals surface area contributed by atoms with Crippen molar-refractivity contribution in [2.24, 2.45) is 0 Å². The van der Waals surface area contributed by atoms with Crippen molar-refractivity contribution in [2.75, 3.05) is 6.54 Å². The van der Waals surface area contributed by atoms with Crippen molar-refractivity contribution in [3.05, 3.63) is 48.2 Å². The molecule has 0 saturated carbocycles. The number of benzene rings is 1. The van der Waals surface area contributed by atoms with Gasteiger partial charge in [-0.1, -0.05) is 12.1 Å². The molecule has 172 valence electrons. The smallest absolute Gasteiger partial charge is 0.245 e. The van der Waals surface area contributed by atoms with Gasteiger partial charge in [0.25, 0.3) is 0 Å². The van der Waals surface area contributed by atoms with Crippen LogP contribution in [0.4, 0.5) is 0 Å². The number of hydrogen-bond acceptors (Lipinski definition) is 8. The molecule has 2 aromatic rings. The van der Waals surface area contributed by atoms with Crippen LogP contribution in [-0.2, 0) is 20.8 Å². The number of aliphatic hydroxyl groups is 1. The molecule has 2 heterocycles. The number of aromatic hydroxyl groups is 2. The summed E-state index contributed by atoms with van der Waals surface area (Å²) in [5, 5.41) is 30.0. The number of aromatic nitrogens is 1. The van der Waals surface area contributed by atoms with E-state index < -0.39 is 18.2 Å². The lowest BCUT2D eigenvalue weighted by atomic mass is 10.0. The Morgan fingerprint density at radius 2 is 2.00 bits per heavy atom. The number of likely N-dealkylation sites (tertiary alicyclic amines) is 1. The van der Waals surface area contributed by atoms with E-state index >= 15 is 0 Å². The number of pyridine rings is 1. The van der Waals surface area contributed by atoms with Gasteiger partial charge in [0.05, 0.1) is 6.10 Å². The van der Waals surface area contributed by atoms with Gasteiger partial charge >= 0.3 is 0 Å². The highest BCUT2D eigenvalue weighted by Gasteiger charge is 2.39. The fraction of sp³-hybridized carbons (Fsp3) is 0.364. The van der Waals surface area contributed by atoms with E-state index in [0.29, 0.717) is 30.8 Å². The second-order valence-corrected chi connectivity index (χ2v) is 8.33. The number of phenols is 2. The molecule has 1 aromatic heterocycles. The number of rotatable bonds is 7. The van der Waals surface area contributed by atoms with E-state index in [0.717, 1.165) is 17.3 Å². The van der Waals surface area contributed by atoms with Crippen molar-refractivity contribution in [1.29, 1.82) is 0 Å². The Morgan fingerprint density at radius 1 is 1.25 bits per heavy atom. The Morgan fingerprint density at radius 3 is 2.53 bits per heavy atom. The van der Waals surface area contributed by atoms with E-state index in [9.17, 15) is 14.4 Å². The normalized spacial score (nSPS) is 16.6. The van der Waals surface area contributed by atoms with Crippen molar-refractivity contribution in [3.63, 3.8) is 0 Å². The fourth-order valence-electron chi connectivity index (χ4n) is 2.93. The molecule has 4 N–H and O–H groups in total. The number of amides is 2. The maximum Gasteiger partial charge on any atom is 0.245 e. The Labute approximate surface area is 190 Å². The zero-order valence-electron chi connectivity index (χ0n) is 17.8. The number of hydrogen-bond donors (Lipinski definition) is 4. The molecule has 1 aromatic carbocycles. The molecule has 10 heteroatoms. The highest BCUT2D eigenvalue weighted by molar-refractivity contribution is 8.13. The zero-order chi connectivity index (χ0) is 23.7. The van der Waals surface area contributed by atoms with E-state index in [1.807, 2.05) is 6.07 Å². The topological polar surface area (TPSA) is 140 Å². The van der Waals surface area contributed by atoms with Crippen molar-refractivity contribution in [3.8, 4) is 11.5 Å². The van der Waals surface area contributed by atoms with Crippen LogP contribution in [0.15, 0.2) is 47.6 Å². The van der Waals surface area contributed by atoms with E-state index in [4.69, 9.17) is 15.3 Å². The molecule has 0 bridgehead atoms. The molecule has 2 amide bonds. The first-order valence-corrected chi connectivity index (χ1v) is 10.9. The van der Waals surface area contributed by atoms with E-state index in [1.165, 1.54) is 17.0 Å². The zero-order valence-corrected chi connectivity index (χ0v) is 18.7. The lowest BCUT2D eigenvalue weighted by molar-refractivity contribution is -0.145. The quantitative estimate of drug-likeness (QED) is 0.276. The molecular weight excluding hydrogens is 434 g/mol. The second-order valence-electron chi connectivity index (χ2n) is 7.31. The third-order valence-electron chi connectivity index (χ3n) is 4.68. The summed E-state index contributed by atoms with van der Waals surface area (Å²) in [4.78, 5) is 40.1. The van der Waals surface area contributed by atoms with Crippen LogP contribution in [0.25, 0.3) is 0 Å². The summed E-state index contributed by atoms with van der Waals surface area (Å²) in [5.74, 6) is -0.513. The van der Waals surface area contributed by atoms with Crippen molar-refractivity contribution in [1.82, 2.24) is 15.2 Å².